The third kappa shape index (κ3) is 2.76. The van der Waals surface area contributed by atoms with Crippen molar-refractivity contribution in [1.82, 2.24) is 4.90 Å². The van der Waals surface area contributed by atoms with E-state index in [-0.39, 0.29) is 18.7 Å². The van der Waals surface area contributed by atoms with E-state index in [2.05, 4.69) is 5.32 Å². The molecule has 2 N–H and O–H groups in total. The lowest BCUT2D eigenvalue weighted by Gasteiger charge is -2.23. The second-order valence-corrected chi connectivity index (χ2v) is 5.00. The summed E-state index contributed by atoms with van der Waals surface area (Å²) < 4.78 is 0. The first kappa shape index (κ1) is 13.2. The van der Waals surface area contributed by atoms with E-state index in [1.165, 1.54) is 0 Å². The molecule has 1 atom stereocenters. The lowest BCUT2D eigenvalue weighted by Crippen LogP contribution is -2.40. The van der Waals surface area contributed by atoms with Gasteiger partial charge in [0.15, 0.2) is 0 Å². The van der Waals surface area contributed by atoms with Crippen molar-refractivity contribution in [3.8, 4) is 0 Å². The van der Waals surface area contributed by atoms with Crippen LogP contribution in [0.5, 0.6) is 0 Å². The van der Waals surface area contributed by atoms with Crippen LogP contribution in [0.25, 0.3) is 0 Å². The number of nitrogens with one attached hydrogen (secondary N) is 1. The first-order valence-electron chi connectivity index (χ1n) is 6.06. The number of benzene rings is 1. The first-order valence-corrected chi connectivity index (χ1v) is 6.44. The Bertz CT molecular complexity index is 451. The largest absolute Gasteiger partial charge is 0.394 e. The second kappa shape index (κ2) is 5.59. The monoisotopic (exact) mass is 268 g/mol. The number of likely N-dealkylation sites (tertiary alicyclic amines) is 1. The number of urea groups is 1. The van der Waals surface area contributed by atoms with Crippen LogP contribution < -0.4 is 5.32 Å². The Morgan fingerprint density at radius 3 is 3.06 bits per heavy atom. The van der Waals surface area contributed by atoms with Crippen LogP contribution in [0.2, 0.25) is 5.02 Å². The highest BCUT2D eigenvalue weighted by molar-refractivity contribution is 6.30. The van der Waals surface area contributed by atoms with Crippen LogP contribution in [-0.4, -0.2) is 35.2 Å². The maximum Gasteiger partial charge on any atom is 0.322 e. The van der Waals surface area contributed by atoms with E-state index in [9.17, 15) is 9.90 Å². The van der Waals surface area contributed by atoms with E-state index in [0.717, 1.165) is 24.1 Å². The summed E-state index contributed by atoms with van der Waals surface area (Å²) in [7, 11) is 0. The molecular formula is C13H17ClN2O2. The second-order valence-electron chi connectivity index (χ2n) is 4.56. The average Bonchev–Trinajstić information content (AvgIpc) is 2.81. The molecule has 0 aromatic heterocycles. The smallest absolute Gasteiger partial charge is 0.322 e. The van der Waals surface area contributed by atoms with Gasteiger partial charge in [-0.2, -0.15) is 0 Å². The molecule has 4 nitrogen and oxygen atoms in total. The predicted octanol–water partition coefficient (Wildman–Crippen LogP) is 2.64. The van der Waals surface area contributed by atoms with Crippen LogP contribution in [-0.2, 0) is 0 Å². The molecule has 0 saturated carbocycles. The summed E-state index contributed by atoms with van der Waals surface area (Å²) in [5.41, 5.74) is 1.68. The highest BCUT2D eigenvalue weighted by Gasteiger charge is 2.28. The van der Waals surface area contributed by atoms with Crippen molar-refractivity contribution in [3.63, 3.8) is 0 Å². The quantitative estimate of drug-likeness (QED) is 0.866. The number of halogens is 1. The van der Waals surface area contributed by atoms with Crippen LogP contribution in [0.4, 0.5) is 10.5 Å². The molecule has 0 spiro atoms. The molecule has 1 aliphatic heterocycles. The molecule has 1 heterocycles. The zero-order chi connectivity index (χ0) is 13.1. The van der Waals surface area contributed by atoms with Gasteiger partial charge in [-0.3, -0.25) is 0 Å². The summed E-state index contributed by atoms with van der Waals surface area (Å²) in [5.74, 6) is 0. The van der Waals surface area contributed by atoms with Gasteiger partial charge in [0, 0.05) is 17.3 Å². The van der Waals surface area contributed by atoms with E-state index in [0.29, 0.717) is 11.6 Å². The zero-order valence-electron chi connectivity index (χ0n) is 10.3. The first-order chi connectivity index (χ1) is 8.61. The number of anilines is 1. The van der Waals surface area contributed by atoms with Gasteiger partial charge in [0.1, 0.15) is 0 Å². The molecule has 1 aliphatic rings. The van der Waals surface area contributed by atoms with Crippen molar-refractivity contribution < 1.29 is 9.90 Å². The number of aliphatic hydroxyl groups excluding tert-OH is 1. The summed E-state index contributed by atoms with van der Waals surface area (Å²) in [6.07, 6.45) is 1.81. The topological polar surface area (TPSA) is 52.6 Å². The summed E-state index contributed by atoms with van der Waals surface area (Å²) in [6.45, 7) is 2.62. The lowest BCUT2D eigenvalue weighted by atomic mass is 10.2. The lowest BCUT2D eigenvalue weighted by molar-refractivity contribution is 0.166. The van der Waals surface area contributed by atoms with Crippen molar-refractivity contribution >= 4 is 23.3 Å². The van der Waals surface area contributed by atoms with Crippen molar-refractivity contribution in [2.45, 2.75) is 25.8 Å². The van der Waals surface area contributed by atoms with Gasteiger partial charge in [0.05, 0.1) is 12.6 Å². The third-order valence-electron chi connectivity index (χ3n) is 3.28. The van der Waals surface area contributed by atoms with Gasteiger partial charge < -0.3 is 15.3 Å². The molecule has 98 valence electrons. The van der Waals surface area contributed by atoms with Crippen LogP contribution in [0.1, 0.15) is 18.4 Å². The number of amides is 2. The molecule has 0 aliphatic carbocycles. The number of aryl methyl sites for hydroxylation is 1. The van der Waals surface area contributed by atoms with Gasteiger partial charge in [0.2, 0.25) is 0 Å². The van der Waals surface area contributed by atoms with E-state index in [1.807, 2.05) is 13.0 Å². The molecule has 0 radical (unpaired) electrons. The van der Waals surface area contributed by atoms with Crippen LogP contribution in [0, 0.1) is 6.92 Å². The molecule has 2 amide bonds. The fourth-order valence-electron chi connectivity index (χ4n) is 2.25. The normalized spacial score (nSPS) is 19.1. The Morgan fingerprint density at radius 2 is 2.39 bits per heavy atom. The molecule has 0 bridgehead atoms. The van der Waals surface area contributed by atoms with Crippen molar-refractivity contribution in [3.05, 3.63) is 28.8 Å². The Balaban J connectivity index is 2.07. The van der Waals surface area contributed by atoms with E-state index >= 15 is 0 Å². The van der Waals surface area contributed by atoms with E-state index in [1.54, 1.807) is 17.0 Å². The van der Waals surface area contributed by atoms with Gasteiger partial charge in [-0.05, 0) is 43.5 Å². The van der Waals surface area contributed by atoms with Crippen molar-refractivity contribution in [2.24, 2.45) is 0 Å². The zero-order valence-corrected chi connectivity index (χ0v) is 11.1. The fraction of sp³-hybridized carbons (Fsp3) is 0.462. The van der Waals surface area contributed by atoms with E-state index < -0.39 is 0 Å². The van der Waals surface area contributed by atoms with Gasteiger partial charge in [-0.25, -0.2) is 4.79 Å². The number of carbonyl (C=O) groups excluding carboxylic acids is 1. The molecule has 1 saturated heterocycles. The molecule has 18 heavy (non-hydrogen) atoms. The minimum Gasteiger partial charge on any atom is -0.394 e. The van der Waals surface area contributed by atoms with Gasteiger partial charge in [-0.15, -0.1) is 0 Å². The molecule has 1 unspecified atom stereocenters. The summed E-state index contributed by atoms with van der Waals surface area (Å²) in [4.78, 5) is 13.8. The molecule has 1 aromatic carbocycles. The standard InChI is InChI=1S/C13H17ClN2O2/c1-9-7-10(14)4-5-12(9)15-13(18)16-6-2-3-11(16)8-17/h4-5,7,11,17H,2-3,6,8H2,1H3,(H,15,18). The number of nitrogens with zero attached hydrogens (tertiary/aromatic N) is 1. The highest BCUT2D eigenvalue weighted by atomic mass is 35.5. The number of hydrogen-bond donors (Lipinski definition) is 2. The fourth-order valence-corrected chi connectivity index (χ4v) is 2.47. The predicted molar refractivity (Wildman–Crippen MR) is 72.0 cm³/mol. The SMILES string of the molecule is Cc1cc(Cl)ccc1NC(=O)N1CCCC1CO. The highest BCUT2D eigenvalue weighted by Crippen LogP contribution is 2.22. The van der Waals surface area contributed by atoms with Gasteiger partial charge in [0.25, 0.3) is 0 Å². The Hall–Kier alpha value is -1.26. The Labute approximate surface area is 112 Å². The molecule has 1 aromatic rings. The van der Waals surface area contributed by atoms with E-state index in [4.69, 9.17) is 11.6 Å². The Morgan fingerprint density at radius 1 is 1.61 bits per heavy atom. The van der Waals surface area contributed by atoms with Crippen LogP contribution in [0.15, 0.2) is 18.2 Å². The number of carbonyl (C=O) groups is 1. The minimum atomic E-state index is -0.156. The number of hydrogen-bond acceptors (Lipinski definition) is 2. The Kier molecular flexibility index (Phi) is 4.09. The molecule has 5 heteroatoms. The van der Waals surface area contributed by atoms with Crippen molar-refractivity contribution in [1.29, 1.82) is 0 Å². The molecule has 2 rings (SSSR count). The minimum absolute atomic E-state index is 0.0209. The summed E-state index contributed by atoms with van der Waals surface area (Å²) in [6, 6.07) is 5.14. The number of aliphatic hydroxyl groups is 1. The number of rotatable bonds is 2. The summed E-state index contributed by atoms with van der Waals surface area (Å²) >= 11 is 5.87. The van der Waals surface area contributed by atoms with Crippen LogP contribution in [0.3, 0.4) is 0 Å². The summed E-state index contributed by atoms with van der Waals surface area (Å²) in [5, 5.41) is 12.7. The average molecular weight is 269 g/mol. The third-order valence-corrected chi connectivity index (χ3v) is 3.51. The maximum atomic E-state index is 12.1. The molecular weight excluding hydrogens is 252 g/mol. The van der Waals surface area contributed by atoms with Crippen LogP contribution >= 0.6 is 11.6 Å². The van der Waals surface area contributed by atoms with Crippen molar-refractivity contribution in [2.75, 3.05) is 18.5 Å². The maximum absolute atomic E-state index is 12.1. The van der Waals surface area contributed by atoms with Gasteiger partial charge in [-0.1, -0.05) is 11.6 Å². The van der Waals surface area contributed by atoms with Gasteiger partial charge >= 0.3 is 6.03 Å². The molecule has 1 fully saturated rings.